The molecule has 1 aromatic carbocycles. The molecule has 1 aromatic heterocycles. The summed E-state index contributed by atoms with van der Waals surface area (Å²) in [4.78, 5) is 4.08. The van der Waals surface area contributed by atoms with Gasteiger partial charge in [-0.1, -0.05) is 0 Å². The zero-order chi connectivity index (χ0) is 11.5. The van der Waals surface area contributed by atoms with Crippen LogP contribution in [0.3, 0.4) is 0 Å². The molecule has 2 rings (SSSR count). The number of hydrogen-bond donors (Lipinski definition) is 2. The number of nitrogen functional groups attached to an aromatic ring is 1. The minimum atomic E-state index is -0.296. The van der Waals surface area contributed by atoms with Crippen LogP contribution in [-0.4, -0.2) is 4.98 Å². The molecule has 2 aromatic rings. The van der Waals surface area contributed by atoms with Gasteiger partial charge < -0.3 is 11.1 Å². The summed E-state index contributed by atoms with van der Waals surface area (Å²) in [6.07, 6.45) is 1.56. The van der Waals surface area contributed by atoms with E-state index >= 15 is 0 Å². The Morgan fingerprint density at radius 1 is 1.25 bits per heavy atom. The molecule has 5 heteroatoms. The van der Waals surface area contributed by atoms with Crippen LogP contribution >= 0.6 is 15.9 Å². The van der Waals surface area contributed by atoms with Crippen LogP contribution in [0.5, 0.6) is 0 Å². The maximum atomic E-state index is 13.0. The van der Waals surface area contributed by atoms with Crippen LogP contribution in [0.4, 0.5) is 21.6 Å². The summed E-state index contributed by atoms with van der Waals surface area (Å²) in [5.41, 5.74) is 6.87. The fourth-order valence-electron chi connectivity index (χ4n) is 1.20. The molecule has 0 aliphatic heterocycles. The number of aromatic nitrogens is 1. The third-order valence-corrected chi connectivity index (χ3v) is 2.59. The number of nitrogens with two attached hydrogens (primary N) is 1. The highest BCUT2D eigenvalue weighted by atomic mass is 79.9. The van der Waals surface area contributed by atoms with E-state index in [2.05, 4.69) is 26.2 Å². The number of halogens is 2. The zero-order valence-electron chi connectivity index (χ0n) is 8.24. The molecular formula is C11H9BrFN3. The van der Waals surface area contributed by atoms with Gasteiger partial charge in [-0.15, -0.1) is 0 Å². The van der Waals surface area contributed by atoms with Crippen molar-refractivity contribution < 1.29 is 4.39 Å². The Balaban J connectivity index is 2.20. The van der Waals surface area contributed by atoms with Crippen molar-refractivity contribution in [2.75, 3.05) is 11.1 Å². The lowest BCUT2D eigenvalue weighted by Crippen LogP contribution is -1.95. The van der Waals surface area contributed by atoms with E-state index in [9.17, 15) is 4.39 Å². The number of nitrogens with zero attached hydrogens (tertiary/aromatic N) is 1. The second-order valence-electron chi connectivity index (χ2n) is 3.23. The van der Waals surface area contributed by atoms with Crippen molar-refractivity contribution in [2.24, 2.45) is 0 Å². The molecule has 0 atom stereocenters. The Bertz CT molecular complexity index is 499. The summed E-state index contributed by atoms with van der Waals surface area (Å²) in [6, 6.07) is 8.16. The monoisotopic (exact) mass is 281 g/mol. The van der Waals surface area contributed by atoms with Gasteiger partial charge in [-0.2, -0.15) is 0 Å². The molecule has 0 fully saturated rings. The van der Waals surface area contributed by atoms with Crippen LogP contribution in [0, 0.1) is 5.82 Å². The summed E-state index contributed by atoms with van der Waals surface area (Å²) >= 11 is 3.12. The molecule has 0 spiro atoms. The first-order valence-electron chi connectivity index (χ1n) is 4.59. The lowest BCUT2D eigenvalue weighted by Gasteiger charge is -2.06. The molecule has 0 saturated carbocycles. The van der Waals surface area contributed by atoms with Gasteiger partial charge in [0.25, 0.3) is 0 Å². The molecular weight excluding hydrogens is 273 g/mol. The second-order valence-corrected chi connectivity index (χ2v) is 4.08. The zero-order valence-corrected chi connectivity index (χ0v) is 9.83. The number of anilines is 3. The van der Waals surface area contributed by atoms with Crippen molar-refractivity contribution >= 4 is 33.1 Å². The Hall–Kier alpha value is -1.62. The number of rotatable bonds is 2. The quantitative estimate of drug-likeness (QED) is 0.888. The van der Waals surface area contributed by atoms with E-state index in [-0.39, 0.29) is 5.82 Å². The van der Waals surface area contributed by atoms with E-state index in [0.717, 1.165) is 5.69 Å². The van der Waals surface area contributed by atoms with Gasteiger partial charge in [0.2, 0.25) is 0 Å². The van der Waals surface area contributed by atoms with Crippen molar-refractivity contribution in [2.45, 2.75) is 0 Å². The van der Waals surface area contributed by atoms with Gasteiger partial charge in [0, 0.05) is 5.69 Å². The van der Waals surface area contributed by atoms with Crippen molar-refractivity contribution in [3.63, 3.8) is 0 Å². The third-order valence-electron chi connectivity index (χ3n) is 1.98. The molecule has 3 N–H and O–H groups in total. The minimum absolute atomic E-state index is 0.296. The van der Waals surface area contributed by atoms with Gasteiger partial charge in [0.1, 0.15) is 11.6 Å². The van der Waals surface area contributed by atoms with E-state index in [4.69, 9.17) is 5.73 Å². The molecule has 0 unspecified atom stereocenters. The van der Waals surface area contributed by atoms with E-state index < -0.39 is 0 Å². The average Bonchev–Trinajstić information content (AvgIpc) is 2.27. The SMILES string of the molecule is Nc1ccc(Nc2ccc(F)c(Br)c2)nc1. The lowest BCUT2D eigenvalue weighted by molar-refractivity contribution is 0.621. The molecule has 0 aliphatic rings. The third kappa shape index (κ3) is 2.49. The first-order valence-corrected chi connectivity index (χ1v) is 5.38. The van der Waals surface area contributed by atoms with Gasteiger partial charge in [-0.05, 0) is 46.3 Å². The van der Waals surface area contributed by atoms with Crippen LogP contribution in [-0.2, 0) is 0 Å². The maximum Gasteiger partial charge on any atom is 0.137 e. The number of pyridine rings is 1. The van der Waals surface area contributed by atoms with Gasteiger partial charge in [-0.3, -0.25) is 0 Å². The number of benzene rings is 1. The Kier molecular flexibility index (Phi) is 3.05. The molecule has 16 heavy (non-hydrogen) atoms. The summed E-state index contributed by atoms with van der Waals surface area (Å²) in [6.45, 7) is 0. The molecule has 0 saturated heterocycles. The second kappa shape index (κ2) is 4.49. The lowest BCUT2D eigenvalue weighted by atomic mass is 10.3. The van der Waals surface area contributed by atoms with Gasteiger partial charge >= 0.3 is 0 Å². The first kappa shape index (κ1) is 10.9. The summed E-state index contributed by atoms with van der Waals surface area (Å²) < 4.78 is 13.4. The fraction of sp³-hybridized carbons (Fsp3) is 0. The standard InChI is InChI=1S/C11H9BrFN3/c12-9-5-8(2-3-10(9)13)16-11-4-1-7(14)6-15-11/h1-6H,14H2,(H,15,16). The predicted molar refractivity (Wildman–Crippen MR) is 66.0 cm³/mol. The maximum absolute atomic E-state index is 13.0. The predicted octanol–water partition coefficient (Wildman–Crippen LogP) is 3.31. The molecule has 1 heterocycles. The number of nitrogens with one attached hydrogen (secondary N) is 1. The molecule has 0 amide bonds. The van der Waals surface area contributed by atoms with Gasteiger partial charge in [-0.25, -0.2) is 9.37 Å². The molecule has 0 aliphatic carbocycles. The highest BCUT2D eigenvalue weighted by Gasteiger charge is 2.01. The van der Waals surface area contributed by atoms with Crippen molar-refractivity contribution in [1.82, 2.24) is 4.98 Å². The van der Waals surface area contributed by atoms with Crippen LogP contribution in [0.15, 0.2) is 41.0 Å². The topological polar surface area (TPSA) is 50.9 Å². The van der Waals surface area contributed by atoms with Crippen LogP contribution in [0.25, 0.3) is 0 Å². The molecule has 82 valence electrons. The van der Waals surface area contributed by atoms with Crippen LogP contribution < -0.4 is 11.1 Å². The van der Waals surface area contributed by atoms with Crippen LogP contribution in [0.1, 0.15) is 0 Å². The summed E-state index contributed by atoms with van der Waals surface area (Å²) in [5, 5.41) is 3.04. The number of hydrogen-bond acceptors (Lipinski definition) is 3. The van der Waals surface area contributed by atoms with E-state index in [1.54, 1.807) is 30.5 Å². The first-order chi connectivity index (χ1) is 7.65. The van der Waals surface area contributed by atoms with Gasteiger partial charge in [0.15, 0.2) is 0 Å². The Labute approximate surface area is 101 Å². The van der Waals surface area contributed by atoms with Crippen LogP contribution in [0.2, 0.25) is 0 Å². The highest BCUT2D eigenvalue weighted by Crippen LogP contribution is 2.22. The Morgan fingerprint density at radius 3 is 2.69 bits per heavy atom. The fourth-order valence-corrected chi connectivity index (χ4v) is 1.58. The van der Waals surface area contributed by atoms with Crippen molar-refractivity contribution in [1.29, 1.82) is 0 Å². The molecule has 3 nitrogen and oxygen atoms in total. The average molecular weight is 282 g/mol. The van der Waals surface area contributed by atoms with E-state index in [0.29, 0.717) is 16.0 Å². The van der Waals surface area contributed by atoms with E-state index in [1.807, 2.05) is 0 Å². The van der Waals surface area contributed by atoms with Crippen molar-refractivity contribution in [3.05, 3.63) is 46.8 Å². The Morgan fingerprint density at radius 2 is 2.06 bits per heavy atom. The molecule has 0 bridgehead atoms. The minimum Gasteiger partial charge on any atom is -0.397 e. The summed E-state index contributed by atoms with van der Waals surface area (Å²) in [5.74, 6) is 0.364. The smallest absolute Gasteiger partial charge is 0.137 e. The van der Waals surface area contributed by atoms with Gasteiger partial charge in [0.05, 0.1) is 16.4 Å². The largest absolute Gasteiger partial charge is 0.397 e. The highest BCUT2D eigenvalue weighted by molar-refractivity contribution is 9.10. The van der Waals surface area contributed by atoms with Crippen molar-refractivity contribution in [3.8, 4) is 0 Å². The molecule has 0 radical (unpaired) electrons. The van der Waals surface area contributed by atoms with E-state index in [1.165, 1.54) is 6.07 Å². The summed E-state index contributed by atoms with van der Waals surface area (Å²) in [7, 11) is 0. The normalized spacial score (nSPS) is 10.1.